The fourth-order valence-corrected chi connectivity index (χ4v) is 3.60. The Kier molecular flexibility index (Phi) is 5.88. The predicted molar refractivity (Wildman–Crippen MR) is 93.3 cm³/mol. The zero-order valence-corrected chi connectivity index (χ0v) is 14.7. The van der Waals surface area contributed by atoms with E-state index in [1.807, 2.05) is 30.3 Å². The van der Waals surface area contributed by atoms with E-state index in [2.05, 4.69) is 0 Å². The Balaban J connectivity index is 1.82. The number of nitrogens with zero attached hydrogens (tertiary/aromatic N) is 2. The minimum atomic E-state index is -0.949. The lowest BCUT2D eigenvalue weighted by molar-refractivity contribution is -0.154. The van der Waals surface area contributed by atoms with E-state index in [-0.39, 0.29) is 24.8 Å². The average molecular weight is 360 g/mol. The summed E-state index contributed by atoms with van der Waals surface area (Å²) in [4.78, 5) is 40.0. The molecule has 0 saturated carbocycles. The van der Waals surface area contributed by atoms with Gasteiger partial charge in [-0.05, 0) is 18.4 Å². The van der Waals surface area contributed by atoms with Gasteiger partial charge in [-0.2, -0.15) is 0 Å². The van der Waals surface area contributed by atoms with Gasteiger partial charge in [-0.3, -0.25) is 14.4 Å². The maximum Gasteiger partial charge on any atom is 0.306 e. The Bertz CT molecular complexity index is 663. The van der Waals surface area contributed by atoms with Gasteiger partial charge in [0.05, 0.1) is 19.1 Å². The molecule has 2 aliphatic rings. The van der Waals surface area contributed by atoms with Gasteiger partial charge in [-0.1, -0.05) is 30.3 Å². The van der Waals surface area contributed by atoms with E-state index in [0.717, 1.165) is 18.4 Å². The van der Waals surface area contributed by atoms with Crippen molar-refractivity contribution in [3.63, 3.8) is 0 Å². The molecule has 2 heterocycles. The summed E-state index contributed by atoms with van der Waals surface area (Å²) in [5, 5.41) is 8.98. The molecular weight excluding hydrogens is 336 g/mol. The predicted octanol–water partition coefficient (Wildman–Crippen LogP) is 1.44. The first-order valence-corrected chi connectivity index (χ1v) is 9.03. The monoisotopic (exact) mass is 360 g/mol. The van der Waals surface area contributed by atoms with E-state index in [1.54, 1.807) is 9.80 Å². The van der Waals surface area contributed by atoms with Crippen LogP contribution in [0.5, 0.6) is 0 Å². The molecular formula is C19H24N2O5. The molecule has 0 spiro atoms. The highest BCUT2D eigenvalue weighted by atomic mass is 16.5. The Hall–Kier alpha value is -2.41. The first-order chi connectivity index (χ1) is 12.6. The minimum absolute atomic E-state index is 0.00574. The number of ether oxygens (including phenoxy) is 1. The number of piperidine rings is 1. The van der Waals surface area contributed by atoms with Gasteiger partial charge in [-0.25, -0.2) is 0 Å². The number of likely N-dealkylation sites (tertiary alicyclic amines) is 1. The molecule has 0 aliphatic carbocycles. The summed E-state index contributed by atoms with van der Waals surface area (Å²) in [6.45, 7) is 1.50. The van der Waals surface area contributed by atoms with Gasteiger partial charge in [0.25, 0.3) is 0 Å². The summed E-state index contributed by atoms with van der Waals surface area (Å²) in [6, 6.07) is 8.65. The van der Waals surface area contributed by atoms with Crippen LogP contribution in [0.2, 0.25) is 0 Å². The molecule has 3 rings (SSSR count). The molecule has 7 heteroatoms. The van der Waals surface area contributed by atoms with Crippen LogP contribution < -0.4 is 0 Å². The van der Waals surface area contributed by atoms with Crippen LogP contribution in [-0.4, -0.2) is 65.0 Å². The molecule has 0 radical (unpaired) electrons. The molecule has 1 aromatic carbocycles. The first kappa shape index (κ1) is 18.4. The van der Waals surface area contributed by atoms with Gasteiger partial charge in [0.2, 0.25) is 11.8 Å². The number of hydrogen-bond donors (Lipinski definition) is 1. The number of carbonyl (C=O) groups is 3. The first-order valence-electron chi connectivity index (χ1n) is 9.03. The molecule has 0 bridgehead atoms. The van der Waals surface area contributed by atoms with Gasteiger partial charge in [-0.15, -0.1) is 0 Å². The lowest BCUT2D eigenvalue weighted by Gasteiger charge is -2.39. The number of rotatable bonds is 5. The van der Waals surface area contributed by atoms with Crippen molar-refractivity contribution in [2.75, 3.05) is 26.2 Å². The van der Waals surface area contributed by atoms with Crippen LogP contribution in [0, 0.1) is 0 Å². The molecule has 7 nitrogen and oxygen atoms in total. The normalized spacial score (nSPS) is 22.2. The Morgan fingerprint density at radius 2 is 1.96 bits per heavy atom. The third-order valence-corrected chi connectivity index (χ3v) is 4.87. The van der Waals surface area contributed by atoms with Crippen LogP contribution in [0.1, 0.15) is 37.3 Å². The van der Waals surface area contributed by atoms with Crippen LogP contribution in [0.15, 0.2) is 30.3 Å². The number of carbonyl (C=O) groups excluding carboxylic acids is 2. The molecule has 2 aliphatic heterocycles. The molecule has 140 valence electrons. The quantitative estimate of drug-likeness (QED) is 0.859. The Labute approximate surface area is 152 Å². The number of hydrogen-bond acceptors (Lipinski definition) is 4. The van der Waals surface area contributed by atoms with Gasteiger partial charge in [0.15, 0.2) is 0 Å². The third kappa shape index (κ3) is 4.22. The van der Waals surface area contributed by atoms with E-state index in [4.69, 9.17) is 9.84 Å². The van der Waals surface area contributed by atoms with Crippen LogP contribution in [-0.2, 0) is 19.1 Å². The number of aliphatic carboxylic acids is 1. The summed E-state index contributed by atoms with van der Waals surface area (Å²) >= 11 is 0. The molecule has 1 aromatic rings. The van der Waals surface area contributed by atoms with Gasteiger partial charge >= 0.3 is 5.97 Å². The SMILES string of the molecule is O=C(O)CC1CN(C(=O)C(c2ccccc2)N2CCCCC2=O)CCO1. The Morgan fingerprint density at radius 1 is 1.19 bits per heavy atom. The molecule has 2 unspecified atom stereocenters. The zero-order chi connectivity index (χ0) is 18.5. The molecule has 2 fully saturated rings. The summed E-state index contributed by atoms with van der Waals surface area (Å²) in [5.74, 6) is -1.12. The van der Waals surface area contributed by atoms with Crippen molar-refractivity contribution in [2.24, 2.45) is 0 Å². The lowest BCUT2D eigenvalue weighted by Crippen LogP contribution is -2.52. The fourth-order valence-electron chi connectivity index (χ4n) is 3.60. The topological polar surface area (TPSA) is 87.2 Å². The van der Waals surface area contributed by atoms with E-state index in [9.17, 15) is 14.4 Å². The van der Waals surface area contributed by atoms with E-state index >= 15 is 0 Å². The largest absolute Gasteiger partial charge is 0.481 e. The van der Waals surface area contributed by atoms with Crippen molar-refractivity contribution in [3.8, 4) is 0 Å². The number of carboxylic acids is 1. The molecule has 0 aromatic heterocycles. The summed E-state index contributed by atoms with van der Waals surface area (Å²) in [7, 11) is 0. The molecule has 2 saturated heterocycles. The van der Waals surface area contributed by atoms with Crippen LogP contribution in [0.25, 0.3) is 0 Å². The van der Waals surface area contributed by atoms with Crippen molar-refractivity contribution < 1.29 is 24.2 Å². The molecule has 2 amide bonds. The van der Waals surface area contributed by atoms with Crippen LogP contribution in [0.4, 0.5) is 0 Å². The molecule has 26 heavy (non-hydrogen) atoms. The highest BCUT2D eigenvalue weighted by molar-refractivity contribution is 5.89. The van der Waals surface area contributed by atoms with E-state index < -0.39 is 18.1 Å². The summed E-state index contributed by atoms with van der Waals surface area (Å²) in [5.41, 5.74) is 0.786. The third-order valence-electron chi connectivity index (χ3n) is 4.87. The second-order valence-corrected chi connectivity index (χ2v) is 6.73. The average Bonchev–Trinajstić information content (AvgIpc) is 2.64. The highest BCUT2D eigenvalue weighted by Crippen LogP contribution is 2.28. The minimum Gasteiger partial charge on any atom is -0.481 e. The standard InChI is InChI=1S/C19H24N2O5/c22-16-8-4-5-9-21(16)18(14-6-2-1-3-7-14)19(25)20-10-11-26-15(13-20)12-17(23)24/h1-3,6-7,15,18H,4-5,8-13H2,(H,23,24). The zero-order valence-electron chi connectivity index (χ0n) is 14.7. The molecule has 2 atom stereocenters. The van der Waals surface area contributed by atoms with Crippen molar-refractivity contribution in [1.29, 1.82) is 0 Å². The molecule has 1 N–H and O–H groups in total. The van der Waals surface area contributed by atoms with Crippen molar-refractivity contribution in [3.05, 3.63) is 35.9 Å². The second-order valence-electron chi connectivity index (χ2n) is 6.73. The van der Waals surface area contributed by atoms with Crippen LogP contribution in [0.3, 0.4) is 0 Å². The summed E-state index contributed by atoms with van der Waals surface area (Å²) in [6.07, 6.45) is 1.54. The number of amides is 2. The highest BCUT2D eigenvalue weighted by Gasteiger charge is 2.37. The Morgan fingerprint density at radius 3 is 2.65 bits per heavy atom. The fraction of sp³-hybridized carbons (Fsp3) is 0.526. The van der Waals surface area contributed by atoms with Crippen molar-refractivity contribution in [1.82, 2.24) is 9.80 Å². The van der Waals surface area contributed by atoms with Gasteiger partial charge in [0, 0.05) is 26.1 Å². The van der Waals surface area contributed by atoms with Crippen LogP contribution >= 0.6 is 0 Å². The van der Waals surface area contributed by atoms with Crippen molar-refractivity contribution in [2.45, 2.75) is 37.8 Å². The van der Waals surface area contributed by atoms with Crippen molar-refractivity contribution >= 4 is 17.8 Å². The number of carboxylic acid groups (broad SMARTS) is 1. The maximum absolute atomic E-state index is 13.3. The second kappa shape index (κ2) is 8.31. The van der Waals surface area contributed by atoms with Gasteiger partial charge in [0.1, 0.15) is 6.04 Å². The number of benzene rings is 1. The van der Waals surface area contributed by atoms with E-state index in [1.165, 1.54) is 0 Å². The summed E-state index contributed by atoms with van der Waals surface area (Å²) < 4.78 is 5.47. The number of morpholine rings is 1. The van der Waals surface area contributed by atoms with E-state index in [0.29, 0.717) is 26.1 Å². The smallest absolute Gasteiger partial charge is 0.306 e. The van der Waals surface area contributed by atoms with Gasteiger partial charge < -0.3 is 19.6 Å². The lowest BCUT2D eigenvalue weighted by atomic mass is 9.99. The maximum atomic E-state index is 13.3.